The van der Waals surface area contributed by atoms with Crippen molar-refractivity contribution in [1.29, 1.82) is 0 Å². The Morgan fingerprint density at radius 3 is 3.00 bits per heavy atom. The van der Waals surface area contributed by atoms with Crippen molar-refractivity contribution in [2.24, 2.45) is 0 Å². The lowest BCUT2D eigenvalue weighted by molar-refractivity contribution is -0.133. The van der Waals surface area contributed by atoms with Gasteiger partial charge < -0.3 is 30.0 Å². The molecule has 158 valence electrons. The second kappa shape index (κ2) is 11.3. The van der Waals surface area contributed by atoms with Crippen LogP contribution in [-0.2, 0) is 20.9 Å². The van der Waals surface area contributed by atoms with Gasteiger partial charge in [0, 0.05) is 18.8 Å². The minimum atomic E-state index is -0.593. The number of nitrogens with one attached hydrogen (secondary N) is 2. The van der Waals surface area contributed by atoms with E-state index in [0.717, 1.165) is 0 Å². The van der Waals surface area contributed by atoms with E-state index in [9.17, 15) is 19.2 Å². The molecule has 0 fully saturated rings. The van der Waals surface area contributed by atoms with Crippen LogP contribution in [0.15, 0.2) is 11.1 Å². The van der Waals surface area contributed by atoms with Gasteiger partial charge in [0.15, 0.2) is 11.2 Å². The second-order valence-electron chi connectivity index (χ2n) is 5.55. The lowest BCUT2D eigenvalue weighted by atomic mass is 10.4. The molecule has 2 amide bonds. The molecular formula is C15H21N7O5S2. The number of imidazole rings is 1. The van der Waals surface area contributed by atoms with Crippen LogP contribution in [0.5, 0.6) is 0 Å². The van der Waals surface area contributed by atoms with Crippen molar-refractivity contribution in [3.05, 3.63) is 16.7 Å². The van der Waals surface area contributed by atoms with Gasteiger partial charge in [-0.3, -0.25) is 14.6 Å². The molecule has 29 heavy (non-hydrogen) atoms. The molecule has 2 heterocycles. The van der Waals surface area contributed by atoms with Crippen LogP contribution in [0.2, 0.25) is 0 Å². The Bertz CT molecular complexity index is 916. The molecule has 0 spiro atoms. The summed E-state index contributed by atoms with van der Waals surface area (Å²) in [4.78, 5) is 58.4. The lowest BCUT2D eigenvalue weighted by Gasteiger charge is -2.20. The number of carbonyl (C=O) groups excluding carboxylic acids is 3. The number of H-pyrrole nitrogens is 1. The van der Waals surface area contributed by atoms with Crippen molar-refractivity contribution < 1.29 is 19.1 Å². The molecule has 12 nitrogen and oxygen atoms in total. The third-order valence-corrected chi connectivity index (χ3v) is 5.39. The van der Waals surface area contributed by atoms with Crippen LogP contribution < -0.4 is 16.6 Å². The van der Waals surface area contributed by atoms with Gasteiger partial charge in [-0.05, 0) is 6.26 Å². The fourth-order valence-corrected chi connectivity index (χ4v) is 3.36. The standard InChI is InChI=1S/C15H21N7O5S2/c1-28-29-7-6-27-15(26)17-2-3-21(4-5-23)10(24)8-22-9-18-11-12(22)19-14(16)20-13(11)25/h5,9H,2-4,6-8H2,1H3,(H,17,26)(H3,16,19,20,25). The van der Waals surface area contributed by atoms with E-state index in [1.165, 1.54) is 15.8 Å². The van der Waals surface area contributed by atoms with Crippen LogP contribution in [0.3, 0.4) is 0 Å². The van der Waals surface area contributed by atoms with Crippen LogP contribution in [0.25, 0.3) is 11.2 Å². The van der Waals surface area contributed by atoms with Gasteiger partial charge in [-0.1, -0.05) is 21.6 Å². The Labute approximate surface area is 173 Å². The molecule has 0 aliphatic rings. The van der Waals surface area contributed by atoms with E-state index >= 15 is 0 Å². The SMILES string of the molecule is CSSCCOC(=O)NCCN(CC=O)C(=O)Cn1cnc2c(=O)[nH]c(N)nc21. The number of ether oxygens (including phenoxy) is 1. The number of anilines is 1. The van der Waals surface area contributed by atoms with Crippen molar-refractivity contribution in [3.8, 4) is 0 Å². The maximum Gasteiger partial charge on any atom is 0.407 e. The van der Waals surface area contributed by atoms with Crippen LogP contribution >= 0.6 is 21.6 Å². The van der Waals surface area contributed by atoms with E-state index < -0.39 is 17.6 Å². The van der Waals surface area contributed by atoms with E-state index in [0.29, 0.717) is 12.0 Å². The summed E-state index contributed by atoms with van der Waals surface area (Å²) in [6, 6.07) is 0. The van der Waals surface area contributed by atoms with E-state index in [2.05, 4.69) is 20.3 Å². The van der Waals surface area contributed by atoms with Crippen LogP contribution in [-0.4, -0.2) is 81.0 Å². The number of alkyl carbamates (subject to hydrolysis) is 1. The van der Waals surface area contributed by atoms with Crippen molar-refractivity contribution in [2.75, 3.05) is 44.0 Å². The molecule has 14 heteroatoms. The number of aromatic amines is 1. The molecule has 0 aliphatic heterocycles. The summed E-state index contributed by atoms with van der Waals surface area (Å²) < 4.78 is 6.35. The largest absolute Gasteiger partial charge is 0.449 e. The number of amides is 2. The molecule has 0 saturated carbocycles. The summed E-state index contributed by atoms with van der Waals surface area (Å²) in [5.74, 6) is 0.161. The first kappa shape index (κ1) is 22.5. The minimum absolute atomic E-state index is 0.0537. The summed E-state index contributed by atoms with van der Waals surface area (Å²) in [5, 5.41) is 2.53. The normalized spacial score (nSPS) is 10.7. The molecule has 0 unspecified atom stereocenters. The zero-order valence-corrected chi connectivity index (χ0v) is 17.3. The van der Waals surface area contributed by atoms with E-state index in [4.69, 9.17) is 10.5 Å². The highest BCUT2D eigenvalue weighted by atomic mass is 33.1. The monoisotopic (exact) mass is 443 g/mol. The zero-order chi connectivity index (χ0) is 21.2. The van der Waals surface area contributed by atoms with Crippen molar-refractivity contribution in [3.63, 3.8) is 0 Å². The number of aldehydes is 1. The minimum Gasteiger partial charge on any atom is -0.449 e. The van der Waals surface area contributed by atoms with Crippen LogP contribution in [0, 0.1) is 0 Å². The van der Waals surface area contributed by atoms with Gasteiger partial charge in [-0.25, -0.2) is 9.78 Å². The highest BCUT2D eigenvalue weighted by molar-refractivity contribution is 8.76. The van der Waals surface area contributed by atoms with Crippen molar-refractivity contribution in [1.82, 2.24) is 29.7 Å². The second-order valence-corrected chi connectivity index (χ2v) is 8.24. The molecule has 0 saturated heterocycles. The predicted molar refractivity (Wildman–Crippen MR) is 111 cm³/mol. The molecular weight excluding hydrogens is 422 g/mol. The topological polar surface area (TPSA) is 165 Å². The molecule has 0 bridgehead atoms. The van der Waals surface area contributed by atoms with Crippen molar-refractivity contribution >= 4 is 57.0 Å². The van der Waals surface area contributed by atoms with E-state index in [1.807, 2.05) is 6.26 Å². The lowest BCUT2D eigenvalue weighted by Crippen LogP contribution is -2.41. The molecule has 0 aliphatic carbocycles. The Kier molecular flexibility index (Phi) is 8.79. The number of carbonyl (C=O) groups is 3. The van der Waals surface area contributed by atoms with Crippen molar-refractivity contribution in [2.45, 2.75) is 6.54 Å². The number of nitrogens with zero attached hydrogens (tertiary/aromatic N) is 4. The van der Waals surface area contributed by atoms with E-state index in [1.54, 1.807) is 21.6 Å². The maximum absolute atomic E-state index is 12.6. The zero-order valence-electron chi connectivity index (χ0n) is 15.6. The summed E-state index contributed by atoms with van der Waals surface area (Å²) in [5.41, 5.74) is 5.24. The summed E-state index contributed by atoms with van der Waals surface area (Å²) in [6.45, 7) is 0.148. The smallest absolute Gasteiger partial charge is 0.407 e. The molecule has 2 rings (SSSR count). The number of rotatable bonds is 11. The van der Waals surface area contributed by atoms with Gasteiger partial charge in [0.2, 0.25) is 11.9 Å². The predicted octanol–water partition coefficient (Wildman–Crippen LogP) is -0.533. The van der Waals surface area contributed by atoms with E-state index in [-0.39, 0.29) is 49.9 Å². The number of hydrogen-bond acceptors (Lipinski definition) is 10. The molecule has 2 aromatic heterocycles. The van der Waals surface area contributed by atoms with Gasteiger partial charge in [-0.15, -0.1) is 0 Å². The molecule has 0 radical (unpaired) electrons. The molecule has 0 aromatic carbocycles. The molecule has 2 aromatic rings. The Morgan fingerprint density at radius 2 is 2.28 bits per heavy atom. The van der Waals surface area contributed by atoms with Gasteiger partial charge >= 0.3 is 6.09 Å². The van der Waals surface area contributed by atoms with Crippen LogP contribution in [0.1, 0.15) is 0 Å². The Balaban J connectivity index is 1.92. The summed E-state index contributed by atoms with van der Waals surface area (Å²) in [6.07, 6.45) is 3.22. The number of nitrogens with two attached hydrogens (primary N) is 1. The first-order valence-corrected chi connectivity index (χ1v) is 11.2. The average Bonchev–Trinajstić information content (AvgIpc) is 3.07. The quantitative estimate of drug-likeness (QED) is 0.233. The third-order valence-electron chi connectivity index (χ3n) is 3.62. The van der Waals surface area contributed by atoms with Gasteiger partial charge in [0.25, 0.3) is 5.56 Å². The van der Waals surface area contributed by atoms with Gasteiger partial charge in [0.05, 0.1) is 12.9 Å². The number of aromatic nitrogens is 4. The average molecular weight is 444 g/mol. The fourth-order valence-electron chi connectivity index (χ4n) is 2.34. The van der Waals surface area contributed by atoms with Gasteiger partial charge in [-0.2, -0.15) is 4.98 Å². The first-order chi connectivity index (χ1) is 14.0. The number of fused-ring (bicyclic) bond motifs is 1. The van der Waals surface area contributed by atoms with Gasteiger partial charge in [0.1, 0.15) is 19.4 Å². The highest BCUT2D eigenvalue weighted by Crippen LogP contribution is 2.15. The molecule has 4 N–H and O–H groups in total. The summed E-state index contributed by atoms with van der Waals surface area (Å²) >= 11 is 0. The Hall–Kier alpha value is -2.74. The first-order valence-electron chi connectivity index (χ1n) is 8.44. The summed E-state index contributed by atoms with van der Waals surface area (Å²) in [7, 11) is 3.15. The third kappa shape index (κ3) is 6.67. The number of hydrogen-bond donors (Lipinski definition) is 3. The highest BCUT2D eigenvalue weighted by Gasteiger charge is 2.17. The van der Waals surface area contributed by atoms with Crippen LogP contribution in [0.4, 0.5) is 10.7 Å². The Morgan fingerprint density at radius 1 is 1.48 bits per heavy atom. The maximum atomic E-state index is 12.6. The molecule has 0 atom stereocenters. The number of nitrogen functional groups attached to an aromatic ring is 1. The fraction of sp³-hybridized carbons (Fsp3) is 0.467.